The number of aromatic nitrogens is 1. The van der Waals surface area contributed by atoms with Crippen molar-refractivity contribution in [1.29, 1.82) is 0 Å². The van der Waals surface area contributed by atoms with E-state index in [1.807, 2.05) is 49.1 Å². The predicted octanol–water partition coefficient (Wildman–Crippen LogP) is 2.87. The molecule has 1 atom stereocenters. The van der Waals surface area contributed by atoms with Crippen molar-refractivity contribution in [3.05, 3.63) is 65.0 Å². The lowest BCUT2D eigenvalue weighted by Gasteiger charge is -2.32. The molecule has 1 unspecified atom stereocenters. The first-order chi connectivity index (χ1) is 12.5. The van der Waals surface area contributed by atoms with Crippen LogP contribution in [0.4, 0.5) is 0 Å². The van der Waals surface area contributed by atoms with Crippen LogP contribution in [0.5, 0.6) is 0 Å². The quantitative estimate of drug-likeness (QED) is 0.921. The van der Waals surface area contributed by atoms with E-state index in [4.69, 9.17) is 0 Å². The number of rotatable bonds is 4. The molecule has 136 valence electrons. The number of pyridine rings is 1. The molecule has 2 amide bonds. The number of nitrogens with one attached hydrogen (secondary N) is 1. The van der Waals surface area contributed by atoms with Gasteiger partial charge in [0, 0.05) is 24.8 Å². The van der Waals surface area contributed by atoms with E-state index in [2.05, 4.69) is 16.4 Å². The molecule has 0 bridgehead atoms. The van der Waals surface area contributed by atoms with Crippen LogP contribution in [0.1, 0.15) is 40.0 Å². The molecule has 5 nitrogen and oxygen atoms in total. The smallest absolute Gasteiger partial charge is 0.253 e. The van der Waals surface area contributed by atoms with Crippen molar-refractivity contribution in [3.63, 3.8) is 0 Å². The van der Waals surface area contributed by atoms with E-state index < -0.39 is 0 Å². The lowest BCUT2D eigenvalue weighted by Crippen LogP contribution is -2.45. The van der Waals surface area contributed by atoms with Gasteiger partial charge >= 0.3 is 0 Å². The maximum Gasteiger partial charge on any atom is 0.253 e. The topological polar surface area (TPSA) is 62.3 Å². The summed E-state index contributed by atoms with van der Waals surface area (Å²) >= 11 is 0. The Hall–Kier alpha value is -2.69. The summed E-state index contributed by atoms with van der Waals surface area (Å²) in [7, 11) is 0. The van der Waals surface area contributed by atoms with Gasteiger partial charge in [-0.2, -0.15) is 0 Å². The standard InChI is InChI=1S/C21H25N3O2/c1-15-10-16(2)12-18(11-15)21(26)24-9-5-6-17(14-24)20(25)23-13-19-7-3-4-8-22-19/h3-4,7-8,10-12,17H,5-6,9,13-14H2,1-2H3,(H,23,25). The molecule has 1 aliphatic rings. The maximum atomic E-state index is 12.8. The Kier molecular flexibility index (Phi) is 5.66. The molecule has 0 spiro atoms. The number of likely N-dealkylation sites (tertiary alicyclic amines) is 1. The summed E-state index contributed by atoms with van der Waals surface area (Å²) in [5.74, 6) is -0.157. The molecule has 0 radical (unpaired) electrons. The molecule has 0 aliphatic carbocycles. The van der Waals surface area contributed by atoms with Gasteiger partial charge < -0.3 is 10.2 Å². The Balaban J connectivity index is 1.61. The number of aryl methyl sites for hydroxylation is 2. The van der Waals surface area contributed by atoms with Gasteiger partial charge in [0.2, 0.25) is 5.91 Å². The van der Waals surface area contributed by atoms with E-state index >= 15 is 0 Å². The summed E-state index contributed by atoms with van der Waals surface area (Å²) in [6.45, 7) is 5.58. The molecule has 1 fully saturated rings. The van der Waals surface area contributed by atoms with Crippen LogP contribution in [-0.2, 0) is 11.3 Å². The minimum atomic E-state index is -0.165. The number of amides is 2. The molecule has 2 heterocycles. The van der Waals surface area contributed by atoms with Crippen LogP contribution in [0, 0.1) is 19.8 Å². The van der Waals surface area contributed by atoms with E-state index in [1.165, 1.54) is 0 Å². The highest BCUT2D eigenvalue weighted by molar-refractivity contribution is 5.95. The summed E-state index contributed by atoms with van der Waals surface area (Å²) in [4.78, 5) is 31.4. The molecule has 1 aliphatic heterocycles. The van der Waals surface area contributed by atoms with Crippen LogP contribution in [-0.4, -0.2) is 34.8 Å². The first-order valence-corrected chi connectivity index (χ1v) is 9.08. The maximum absolute atomic E-state index is 12.8. The van der Waals surface area contributed by atoms with Gasteiger partial charge in [0.15, 0.2) is 0 Å². The Bertz CT molecular complexity index is 769. The average molecular weight is 351 g/mol. The number of nitrogens with zero attached hydrogens (tertiary/aromatic N) is 2. The molecule has 1 aromatic carbocycles. The van der Waals surface area contributed by atoms with Crippen LogP contribution in [0.3, 0.4) is 0 Å². The molecule has 3 rings (SSSR count). The van der Waals surface area contributed by atoms with Gasteiger partial charge in [-0.25, -0.2) is 0 Å². The molecule has 5 heteroatoms. The monoisotopic (exact) mass is 351 g/mol. The molecule has 2 aromatic rings. The Morgan fingerprint density at radius 3 is 2.65 bits per heavy atom. The van der Waals surface area contributed by atoms with Crippen LogP contribution < -0.4 is 5.32 Å². The Labute approximate surface area is 154 Å². The SMILES string of the molecule is Cc1cc(C)cc(C(=O)N2CCCC(C(=O)NCc3ccccn3)C2)c1. The minimum Gasteiger partial charge on any atom is -0.350 e. The second-order valence-electron chi connectivity index (χ2n) is 7.01. The van der Waals surface area contributed by atoms with Crippen LogP contribution in [0.2, 0.25) is 0 Å². The normalized spacial score (nSPS) is 17.0. The zero-order valence-corrected chi connectivity index (χ0v) is 15.4. The van der Waals surface area contributed by atoms with Crippen molar-refractivity contribution in [2.24, 2.45) is 5.92 Å². The second-order valence-corrected chi connectivity index (χ2v) is 7.01. The molecule has 1 N–H and O–H groups in total. The van der Waals surface area contributed by atoms with Crippen LogP contribution >= 0.6 is 0 Å². The van der Waals surface area contributed by atoms with Crippen molar-refractivity contribution in [2.75, 3.05) is 13.1 Å². The molecular weight excluding hydrogens is 326 g/mol. The fraction of sp³-hybridized carbons (Fsp3) is 0.381. The number of hydrogen-bond donors (Lipinski definition) is 1. The van der Waals surface area contributed by atoms with Gasteiger partial charge in [0.25, 0.3) is 5.91 Å². The third-order valence-electron chi connectivity index (χ3n) is 4.72. The Morgan fingerprint density at radius 1 is 1.19 bits per heavy atom. The van der Waals surface area contributed by atoms with Gasteiger partial charge in [0.05, 0.1) is 18.2 Å². The van der Waals surface area contributed by atoms with Crippen molar-refractivity contribution in [1.82, 2.24) is 15.2 Å². The van der Waals surface area contributed by atoms with E-state index in [0.717, 1.165) is 29.7 Å². The average Bonchev–Trinajstić information content (AvgIpc) is 2.65. The Morgan fingerprint density at radius 2 is 1.96 bits per heavy atom. The van der Waals surface area contributed by atoms with Gasteiger partial charge in [-0.3, -0.25) is 14.6 Å². The highest BCUT2D eigenvalue weighted by Crippen LogP contribution is 2.20. The highest BCUT2D eigenvalue weighted by atomic mass is 16.2. The third kappa shape index (κ3) is 4.48. The number of benzene rings is 1. The van der Waals surface area contributed by atoms with Crippen molar-refractivity contribution in [2.45, 2.75) is 33.2 Å². The summed E-state index contributed by atoms with van der Waals surface area (Å²) < 4.78 is 0. The fourth-order valence-corrected chi connectivity index (χ4v) is 3.48. The molecular formula is C21H25N3O2. The number of hydrogen-bond acceptors (Lipinski definition) is 3. The summed E-state index contributed by atoms with van der Waals surface area (Å²) in [6, 6.07) is 11.5. The van der Waals surface area contributed by atoms with Crippen molar-refractivity contribution in [3.8, 4) is 0 Å². The van der Waals surface area contributed by atoms with E-state index in [-0.39, 0.29) is 17.7 Å². The number of piperidine rings is 1. The first-order valence-electron chi connectivity index (χ1n) is 9.08. The van der Waals surface area contributed by atoms with E-state index in [0.29, 0.717) is 25.2 Å². The summed E-state index contributed by atoms with van der Waals surface area (Å²) in [6.07, 6.45) is 3.37. The number of carbonyl (C=O) groups excluding carboxylic acids is 2. The first kappa shape index (κ1) is 18.1. The molecule has 1 saturated heterocycles. The van der Waals surface area contributed by atoms with E-state index in [1.54, 1.807) is 6.20 Å². The van der Waals surface area contributed by atoms with Crippen LogP contribution in [0.15, 0.2) is 42.6 Å². The molecule has 1 aromatic heterocycles. The predicted molar refractivity (Wildman–Crippen MR) is 101 cm³/mol. The largest absolute Gasteiger partial charge is 0.350 e. The van der Waals surface area contributed by atoms with Crippen LogP contribution in [0.25, 0.3) is 0 Å². The second kappa shape index (κ2) is 8.13. The summed E-state index contributed by atoms with van der Waals surface area (Å²) in [5.41, 5.74) is 3.70. The molecule has 0 saturated carbocycles. The molecule has 26 heavy (non-hydrogen) atoms. The summed E-state index contributed by atoms with van der Waals surface area (Å²) in [5, 5.41) is 2.95. The zero-order valence-electron chi connectivity index (χ0n) is 15.4. The third-order valence-corrected chi connectivity index (χ3v) is 4.72. The lowest BCUT2D eigenvalue weighted by atomic mass is 9.96. The fourth-order valence-electron chi connectivity index (χ4n) is 3.48. The lowest BCUT2D eigenvalue weighted by molar-refractivity contribution is -0.126. The minimum absolute atomic E-state index is 0.00595. The van der Waals surface area contributed by atoms with Gasteiger partial charge in [0.1, 0.15) is 0 Å². The highest BCUT2D eigenvalue weighted by Gasteiger charge is 2.29. The van der Waals surface area contributed by atoms with Gasteiger partial charge in [-0.1, -0.05) is 23.3 Å². The van der Waals surface area contributed by atoms with Gasteiger partial charge in [-0.15, -0.1) is 0 Å². The van der Waals surface area contributed by atoms with Crippen molar-refractivity contribution < 1.29 is 9.59 Å². The van der Waals surface area contributed by atoms with E-state index in [9.17, 15) is 9.59 Å². The van der Waals surface area contributed by atoms with Gasteiger partial charge in [-0.05, 0) is 51.0 Å². The number of carbonyl (C=O) groups is 2. The zero-order chi connectivity index (χ0) is 18.5. The van der Waals surface area contributed by atoms with Crippen molar-refractivity contribution >= 4 is 11.8 Å².